The molecule has 3 bridgehead atoms. The number of carbonyl (C=O) groups excluding carboxylic acids is 3. The number of aliphatic hydroxyl groups is 1. The highest BCUT2D eigenvalue weighted by atomic mass is 32.2. The van der Waals surface area contributed by atoms with Crippen molar-refractivity contribution in [3.63, 3.8) is 0 Å². The molecule has 1 unspecified atom stereocenters. The molecule has 1 heterocycles. The summed E-state index contributed by atoms with van der Waals surface area (Å²) >= 11 is 1.65. The molecule has 45 heavy (non-hydrogen) atoms. The number of rotatable bonds is 13. The van der Waals surface area contributed by atoms with Gasteiger partial charge in [0.15, 0.2) is 0 Å². The molecule has 1 amide bonds. The third kappa shape index (κ3) is 8.47. The number of likely N-dealkylation sites (tertiary alicyclic amines) is 1. The van der Waals surface area contributed by atoms with Gasteiger partial charge in [0.1, 0.15) is 11.9 Å². The van der Waals surface area contributed by atoms with E-state index in [-0.39, 0.29) is 58.5 Å². The predicted molar refractivity (Wildman–Crippen MR) is 182 cm³/mol. The standard InChI is InChI=1S/C36H63N3O5S/c1-25-19-27-20-36(15-11-29(27)40)24-35(25,4)30(44-32(42)23-45-28-12-17-39(18-13-28)31(41)22-38)21-34(3,33(43)26(36)2)14-9-7-5-6-8-10-16-37/h25-28,30,33,43H,5-24,37-38H2,1-4H3/t25-,26+,27?,30-,33+,34+,35+,36+/m1/s1. The van der Waals surface area contributed by atoms with E-state index in [0.29, 0.717) is 42.7 Å². The van der Waals surface area contributed by atoms with Crippen LogP contribution in [0.1, 0.15) is 124 Å². The van der Waals surface area contributed by atoms with Gasteiger partial charge in [0, 0.05) is 36.1 Å². The Bertz CT molecular complexity index is 1020. The van der Waals surface area contributed by atoms with Gasteiger partial charge in [-0.1, -0.05) is 59.8 Å². The van der Waals surface area contributed by atoms with Crippen molar-refractivity contribution in [2.75, 3.05) is 31.9 Å². The summed E-state index contributed by atoms with van der Waals surface area (Å²) in [5.41, 5.74) is 10.4. The van der Waals surface area contributed by atoms with Crippen LogP contribution in [-0.4, -0.2) is 77.1 Å². The molecular weight excluding hydrogens is 586 g/mol. The average Bonchev–Trinajstić information content (AvgIpc) is 3.12. The van der Waals surface area contributed by atoms with Gasteiger partial charge in [-0.05, 0) is 87.0 Å². The van der Waals surface area contributed by atoms with Crippen molar-refractivity contribution >= 4 is 29.4 Å². The van der Waals surface area contributed by atoms with Crippen LogP contribution < -0.4 is 11.5 Å². The highest BCUT2D eigenvalue weighted by molar-refractivity contribution is 8.00. The molecule has 0 radical (unpaired) electrons. The van der Waals surface area contributed by atoms with Crippen molar-refractivity contribution in [3.8, 4) is 0 Å². The Hall–Kier alpha value is -1.16. The number of thioether (sulfide) groups is 1. The van der Waals surface area contributed by atoms with Gasteiger partial charge in [0.2, 0.25) is 5.91 Å². The molecule has 3 saturated carbocycles. The Morgan fingerprint density at radius 2 is 1.69 bits per heavy atom. The molecule has 8 nitrogen and oxygen atoms in total. The van der Waals surface area contributed by atoms with E-state index in [1.807, 2.05) is 4.90 Å². The van der Waals surface area contributed by atoms with Crippen molar-refractivity contribution in [2.24, 2.45) is 45.5 Å². The first-order valence-electron chi connectivity index (χ1n) is 18.1. The van der Waals surface area contributed by atoms with Crippen LogP contribution in [0.25, 0.3) is 0 Å². The second-order valence-corrected chi connectivity index (χ2v) is 17.2. The number of piperidine rings is 1. The second-order valence-electron chi connectivity index (χ2n) is 15.9. The number of aliphatic hydroxyl groups excluding tert-OH is 1. The van der Waals surface area contributed by atoms with Crippen molar-refractivity contribution in [2.45, 2.75) is 141 Å². The smallest absolute Gasteiger partial charge is 0.316 e. The Morgan fingerprint density at radius 3 is 2.36 bits per heavy atom. The van der Waals surface area contributed by atoms with Gasteiger partial charge in [0.25, 0.3) is 0 Å². The van der Waals surface area contributed by atoms with E-state index in [1.54, 1.807) is 11.8 Å². The van der Waals surface area contributed by atoms with Crippen LogP contribution in [0.5, 0.6) is 0 Å². The number of unbranched alkanes of at least 4 members (excludes halogenated alkanes) is 5. The largest absolute Gasteiger partial charge is 0.461 e. The predicted octanol–water partition coefficient (Wildman–Crippen LogP) is 5.47. The Balaban J connectivity index is 1.51. The lowest BCUT2D eigenvalue weighted by molar-refractivity contribution is -0.180. The molecule has 0 aromatic carbocycles. The van der Waals surface area contributed by atoms with Gasteiger partial charge in [0.05, 0.1) is 18.4 Å². The lowest BCUT2D eigenvalue weighted by Gasteiger charge is -2.56. The number of Topliss-reactive ketones (excluding diaryl/α,β-unsaturated/α-hetero) is 1. The summed E-state index contributed by atoms with van der Waals surface area (Å²) in [5, 5.41) is 12.5. The van der Waals surface area contributed by atoms with Crippen LogP contribution in [0.15, 0.2) is 0 Å². The zero-order valence-electron chi connectivity index (χ0n) is 28.7. The molecule has 0 aromatic rings. The molecule has 1 saturated heterocycles. The SMILES string of the molecule is C[C@@H]1CC2C[C@@]3(CCC2=O)C[C@]1(C)[C@H](OC(=O)CSC1CCN(C(=O)CN)CC1)C[C@](C)(CCCCCCCCN)[C@@H](O)[C@@H]3C. The molecule has 4 rings (SSSR count). The number of amides is 1. The Morgan fingerprint density at radius 1 is 1.02 bits per heavy atom. The van der Waals surface area contributed by atoms with E-state index < -0.39 is 6.10 Å². The number of hydrogen-bond acceptors (Lipinski definition) is 8. The van der Waals surface area contributed by atoms with Gasteiger partial charge in [-0.2, -0.15) is 0 Å². The highest BCUT2D eigenvalue weighted by Crippen LogP contribution is 2.63. The summed E-state index contributed by atoms with van der Waals surface area (Å²) in [5.74, 6) is 0.828. The Labute approximate surface area is 276 Å². The van der Waals surface area contributed by atoms with E-state index >= 15 is 0 Å². The number of fused-ring (bicyclic) bond motifs is 2. The fourth-order valence-electron chi connectivity index (χ4n) is 9.59. The van der Waals surface area contributed by atoms with Crippen molar-refractivity contribution < 1.29 is 24.2 Å². The van der Waals surface area contributed by atoms with Crippen LogP contribution in [0.4, 0.5) is 0 Å². The average molecular weight is 650 g/mol. The highest BCUT2D eigenvalue weighted by Gasteiger charge is 2.60. The Kier molecular flexibility index (Phi) is 12.9. The van der Waals surface area contributed by atoms with E-state index in [9.17, 15) is 19.5 Å². The molecule has 0 aromatic heterocycles. The summed E-state index contributed by atoms with van der Waals surface area (Å²) < 4.78 is 6.58. The second kappa shape index (κ2) is 15.8. The van der Waals surface area contributed by atoms with Crippen molar-refractivity contribution in [1.29, 1.82) is 0 Å². The molecule has 1 spiro atoms. The number of hydrogen-bond donors (Lipinski definition) is 3. The molecule has 258 valence electrons. The summed E-state index contributed by atoms with van der Waals surface area (Å²) in [6.45, 7) is 11.2. The maximum Gasteiger partial charge on any atom is 0.316 e. The fraction of sp³-hybridized carbons (Fsp3) is 0.917. The van der Waals surface area contributed by atoms with Gasteiger partial charge >= 0.3 is 5.97 Å². The third-order valence-electron chi connectivity index (χ3n) is 12.9. The van der Waals surface area contributed by atoms with E-state index in [0.717, 1.165) is 70.8 Å². The maximum absolute atomic E-state index is 13.6. The van der Waals surface area contributed by atoms with Crippen LogP contribution in [-0.2, 0) is 19.1 Å². The minimum absolute atomic E-state index is 0.0111. The van der Waals surface area contributed by atoms with Gasteiger partial charge in [-0.15, -0.1) is 11.8 Å². The first-order valence-corrected chi connectivity index (χ1v) is 19.1. The lowest BCUT2D eigenvalue weighted by Crippen LogP contribution is -2.56. The summed E-state index contributed by atoms with van der Waals surface area (Å²) in [6.07, 6.45) is 13.2. The number of ketones is 1. The number of carbonyl (C=O) groups is 3. The molecule has 8 atom stereocenters. The quantitative estimate of drug-likeness (QED) is 0.177. The molecule has 4 aliphatic rings. The first-order chi connectivity index (χ1) is 21.4. The molecule has 3 aliphatic carbocycles. The molecule has 9 heteroatoms. The molecule has 1 aliphatic heterocycles. The minimum atomic E-state index is -0.515. The number of nitrogens with two attached hydrogens (primary N) is 2. The zero-order valence-corrected chi connectivity index (χ0v) is 29.5. The third-order valence-corrected chi connectivity index (χ3v) is 14.2. The minimum Gasteiger partial charge on any atom is -0.461 e. The zero-order chi connectivity index (χ0) is 32.8. The van der Waals surface area contributed by atoms with Crippen molar-refractivity contribution in [3.05, 3.63) is 0 Å². The van der Waals surface area contributed by atoms with E-state index in [4.69, 9.17) is 16.2 Å². The van der Waals surface area contributed by atoms with Gasteiger partial charge < -0.3 is 26.2 Å². The fourth-order valence-corrected chi connectivity index (χ4v) is 10.6. The van der Waals surface area contributed by atoms with Crippen LogP contribution in [0.3, 0.4) is 0 Å². The normalized spacial score (nSPS) is 37.4. The van der Waals surface area contributed by atoms with E-state index in [2.05, 4.69) is 27.7 Å². The monoisotopic (exact) mass is 649 g/mol. The molecular formula is C36H63N3O5S. The topological polar surface area (TPSA) is 136 Å². The number of esters is 1. The summed E-state index contributed by atoms with van der Waals surface area (Å²) in [4.78, 5) is 40.6. The van der Waals surface area contributed by atoms with Crippen LogP contribution in [0, 0.1) is 34.0 Å². The lowest BCUT2D eigenvalue weighted by atomic mass is 9.50. The number of nitrogens with zero attached hydrogens (tertiary/aromatic N) is 1. The van der Waals surface area contributed by atoms with Crippen LogP contribution >= 0.6 is 11.8 Å². The first kappa shape index (κ1) is 36.7. The number of ether oxygens (including phenoxy) is 1. The molecule has 5 N–H and O–H groups in total. The van der Waals surface area contributed by atoms with Crippen LogP contribution in [0.2, 0.25) is 0 Å². The van der Waals surface area contributed by atoms with E-state index in [1.165, 1.54) is 19.3 Å². The van der Waals surface area contributed by atoms with Crippen molar-refractivity contribution in [1.82, 2.24) is 4.90 Å². The summed E-state index contributed by atoms with van der Waals surface area (Å²) in [6, 6.07) is 0. The summed E-state index contributed by atoms with van der Waals surface area (Å²) in [7, 11) is 0. The van der Waals surface area contributed by atoms with Gasteiger partial charge in [-0.3, -0.25) is 14.4 Å². The molecule has 4 fully saturated rings. The maximum atomic E-state index is 13.6. The van der Waals surface area contributed by atoms with Gasteiger partial charge in [-0.25, -0.2) is 0 Å².